The molecule has 2 saturated carbocycles. The monoisotopic (exact) mass is 442 g/mol. The molecule has 0 aliphatic heterocycles. The fourth-order valence-corrected chi connectivity index (χ4v) is 7.44. The zero-order valence-electron chi connectivity index (χ0n) is 20.2. The van der Waals surface area contributed by atoms with Crippen molar-refractivity contribution in [3.8, 4) is 0 Å². The topological polar surface area (TPSA) is 77.0 Å². The smallest absolute Gasteiger partial charge is 0.427 e. The van der Waals surface area contributed by atoms with Crippen LogP contribution in [0, 0.1) is 28.6 Å². The van der Waals surface area contributed by atoms with Gasteiger partial charge in [-0.15, -0.1) is 0 Å². The number of esters is 1. The Balaban J connectivity index is 1.51. The van der Waals surface area contributed by atoms with Crippen molar-refractivity contribution in [3.05, 3.63) is 23.3 Å². The van der Waals surface area contributed by atoms with Crippen molar-refractivity contribution in [2.75, 3.05) is 6.61 Å². The van der Waals surface area contributed by atoms with E-state index in [4.69, 9.17) is 9.47 Å². The van der Waals surface area contributed by atoms with Gasteiger partial charge in [0.1, 0.15) is 6.10 Å². The fourth-order valence-electron chi connectivity index (χ4n) is 7.44. The lowest BCUT2D eigenvalue weighted by atomic mass is 9.47. The molecule has 0 saturated heterocycles. The third kappa shape index (κ3) is 3.90. The Hall–Kier alpha value is -2.11. The first-order valence-corrected chi connectivity index (χ1v) is 12.2. The van der Waals surface area contributed by atoms with Crippen LogP contribution in [0.3, 0.4) is 0 Å². The highest BCUT2D eigenvalue weighted by Gasteiger charge is 2.57. The summed E-state index contributed by atoms with van der Waals surface area (Å²) in [7, 11) is 0. The Labute approximate surface area is 191 Å². The third-order valence-electron chi connectivity index (χ3n) is 8.95. The molecule has 6 heteroatoms. The summed E-state index contributed by atoms with van der Waals surface area (Å²) in [6.07, 6.45) is 11.9. The van der Waals surface area contributed by atoms with Gasteiger partial charge < -0.3 is 9.47 Å². The predicted octanol–water partition coefficient (Wildman–Crippen LogP) is 5.54. The molecule has 4 aliphatic carbocycles. The Bertz CT molecular complexity index is 875. The van der Waals surface area contributed by atoms with Crippen LogP contribution < -0.4 is 5.43 Å². The second-order valence-corrected chi connectivity index (χ2v) is 10.6. The van der Waals surface area contributed by atoms with Crippen LogP contribution in [0.4, 0.5) is 4.79 Å². The molecule has 2 fully saturated rings. The lowest BCUT2D eigenvalue weighted by Crippen LogP contribution is -2.50. The van der Waals surface area contributed by atoms with Crippen molar-refractivity contribution >= 4 is 17.8 Å². The molecule has 4 aliphatic rings. The highest BCUT2D eigenvalue weighted by atomic mass is 16.6. The molecular formula is C26H38N2O4. The molecule has 0 aromatic rings. The maximum absolute atomic E-state index is 11.7. The average Bonchev–Trinajstić information content (AvgIpc) is 3.09. The second-order valence-electron chi connectivity index (χ2n) is 10.6. The largest absolute Gasteiger partial charge is 0.462 e. The molecule has 0 unspecified atom stereocenters. The predicted molar refractivity (Wildman–Crippen MR) is 124 cm³/mol. The normalized spacial score (nSPS) is 38.5. The Morgan fingerprint density at radius 2 is 1.84 bits per heavy atom. The standard InChI is InChI=1S/C26H38N2O4/c1-6-31-24(30)28-27-16(2)21-9-10-22-20-8-7-18-15-19(32-17(3)29)11-13-25(18,4)23(20)12-14-26(21,22)5/h7,9,19-20,22-23H,6,8,10-15H2,1-5H3,(H,28,30)/b27-16+/t19-,20+,22-,23-,25+,26-/m1/s1. The Morgan fingerprint density at radius 1 is 1.09 bits per heavy atom. The van der Waals surface area contributed by atoms with Gasteiger partial charge in [-0.25, -0.2) is 10.2 Å². The SMILES string of the molecule is CCOC(=O)N/N=C(\C)C1=CC[C@@H]2[C@@H]3CC=C4C[C@H](OC(C)=O)CC[C@]4(C)[C@@H]3CC[C@]12C. The van der Waals surface area contributed by atoms with Crippen molar-refractivity contribution in [2.45, 2.75) is 85.7 Å². The number of nitrogens with one attached hydrogen (secondary N) is 1. The lowest BCUT2D eigenvalue weighted by molar-refractivity contribution is -0.148. The van der Waals surface area contributed by atoms with E-state index in [-0.39, 0.29) is 22.9 Å². The molecule has 0 aromatic heterocycles. The highest BCUT2D eigenvalue weighted by Crippen LogP contribution is 2.65. The number of fused-ring (bicyclic) bond motifs is 5. The highest BCUT2D eigenvalue weighted by molar-refractivity contribution is 6.00. The number of amides is 1. The van der Waals surface area contributed by atoms with Gasteiger partial charge in [0.05, 0.1) is 12.3 Å². The van der Waals surface area contributed by atoms with E-state index in [1.165, 1.54) is 24.5 Å². The van der Waals surface area contributed by atoms with E-state index in [1.807, 2.05) is 6.92 Å². The van der Waals surface area contributed by atoms with Crippen LogP contribution in [0.25, 0.3) is 0 Å². The van der Waals surface area contributed by atoms with E-state index < -0.39 is 6.09 Å². The van der Waals surface area contributed by atoms with Gasteiger partial charge in [0.2, 0.25) is 0 Å². The first-order valence-electron chi connectivity index (χ1n) is 12.2. The summed E-state index contributed by atoms with van der Waals surface area (Å²) in [4.78, 5) is 23.1. The Morgan fingerprint density at radius 3 is 2.56 bits per heavy atom. The molecule has 0 aromatic carbocycles. The number of carbonyl (C=O) groups excluding carboxylic acids is 2. The maximum atomic E-state index is 11.7. The quantitative estimate of drug-likeness (QED) is 0.268. The van der Waals surface area contributed by atoms with Crippen LogP contribution in [0.5, 0.6) is 0 Å². The van der Waals surface area contributed by atoms with E-state index >= 15 is 0 Å². The van der Waals surface area contributed by atoms with E-state index in [0.717, 1.165) is 44.2 Å². The van der Waals surface area contributed by atoms with Crippen molar-refractivity contribution in [3.63, 3.8) is 0 Å². The molecule has 0 radical (unpaired) electrons. The summed E-state index contributed by atoms with van der Waals surface area (Å²) in [5.41, 5.74) is 6.54. The van der Waals surface area contributed by atoms with Crippen LogP contribution in [0.1, 0.15) is 79.6 Å². The number of allylic oxidation sites excluding steroid dienone is 3. The first-order chi connectivity index (χ1) is 15.2. The summed E-state index contributed by atoms with van der Waals surface area (Å²) in [5.74, 6) is 1.78. The van der Waals surface area contributed by atoms with Crippen LogP contribution in [0.2, 0.25) is 0 Å². The van der Waals surface area contributed by atoms with Crippen LogP contribution in [-0.2, 0) is 14.3 Å². The number of nitrogens with zero attached hydrogens (tertiary/aromatic N) is 1. The van der Waals surface area contributed by atoms with Gasteiger partial charge in [0.15, 0.2) is 0 Å². The van der Waals surface area contributed by atoms with Gasteiger partial charge in [-0.05, 0) is 86.5 Å². The van der Waals surface area contributed by atoms with Crippen LogP contribution in [-0.4, -0.2) is 30.5 Å². The molecule has 1 amide bonds. The summed E-state index contributed by atoms with van der Waals surface area (Å²) < 4.78 is 10.5. The van der Waals surface area contributed by atoms with Gasteiger partial charge in [-0.2, -0.15) is 5.10 Å². The fraction of sp³-hybridized carbons (Fsp3) is 0.731. The summed E-state index contributed by atoms with van der Waals surface area (Å²) in [6.45, 7) is 10.5. The molecule has 1 N–H and O–H groups in total. The van der Waals surface area contributed by atoms with Crippen molar-refractivity contribution in [1.82, 2.24) is 5.43 Å². The molecule has 176 valence electrons. The van der Waals surface area contributed by atoms with E-state index in [1.54, 1.807) is 6.92 Å². The lowest BCUT2D eigenvalue weighted by Gasteiger charge is -2.57. The number of hydrazone groups is 1. The maximum Gasteiger partial charge on any atom is 0.427 e. The summed E-state index contributed by atoms with van der Waals surface area (Å²) in [5, 5.41) is 4.35. The third-order valence-corrected chi connectivity index (χ3v) is 8.95. The van der Waals surface area contributed by atoms with Gasteiger partial charge in [0.25, 0.3) is 0 Å². The number of ether oxygens (including phenoxy) is 2. The number of hydrogen-bond acceptors (Lipinski definition) is 5. The molecule has 0 bridgehead atoms. The Kier molecular flexibility index (Phi) is 6.25. The average molecular weight is 443 g/mol. The zero-order valence-corrected chi connectivity index (χ0v) is 20.2. The van der Waals surface area contributed by atoms with Gasteiger partial charge >= 0.3 is 12.1 Å². The minimum Gasteiger partial charge on any atom is -0.462 e. The molecular weight excluding hydrogens is 404 g/mol. The van der Waals surface area contributed by atoms with E-state index in [9.17, 15) is 9.59 Å². The molecule has 0 spiro atoms. The minimum atomic E-state index is -0.502. The van der Waals surface area contributed by atoms with Gasteiger partial charge in [-0.1, -0.05) is 31.6 Å². The summed E-state index contributed by atoms with van der Waals surface area (Å²) >= 11 is 0. The van der Waals surface area contributed by atoms with Crippen molar-refractivity contribution in [1.29, 1.82) is 0 Å². The molecule has 6 nitrogen and oxygen atoms in total. The first kappa shape index (κ1) is 23.1. The van der Waals surface area contributed by atoms with Gasteiger partial charge in [-0.3, -0.25) is 4.79 Å². The van der Waals surface area contributed by atoms with E-state index in [0.29, 0.717) is 24.4 Å². The molecule has 32 heavy (non-hydrogen) atoms. The van der Waals surface area contributed by atoms with Crippen LogP contribution in [0.15, 0.2) is 28.4 Å². The van der Waals surface area contributed by atoms with Crippen molar-refractivity contribution in [2.24, 2.45) is 33.7 Å². The molecule has 4 rings (SSSR count). The van der Waals surface area contributed by atoms with Gasteiger partial charge in [0, 0.05) is 13.3 Å². The zero-order chi connectivity index (χ0) is 23.1. The number of carbonyl (C=O) groups is 2. The summed E-state index contributed by atoms with van der Waals surface area (Å²) in [6, 6.07) is 0. The van der Waals surface area contributed by atoms with E-state index in [2.05, 4.69) is 36.5 Å². The number of rotatable bonds is 4. The molecule has 0 heterocycles. The number of hydrogen-bond donors (Lipinski definition) is 1. The van der Waals surface area contributed by atoms with Crippen molar-refractivity contribution < 1.29 is 19.1 Å². The van der Waals surface area contributed by atoms with Crippen LogP contribution >= 0.6 is 0 Å². The molecule has 6 atom stereocenters. The minimum absolute atomic E-state index is 0.0442. The second kappa shape index (κ2) is 8.68.